The molecule has 0 aliphatic carbocycles. The van der Waals surface area contributed by atoms with Crippen molar-refractivity contribution in [2.75, 3.05) is 18.1 Å². The lowest BCUT2D eigenvalue weighted by Gasteiger charge is -2.30. The van der Waals surface area contributed by atoms with E-state index >= 15 is 0 Å². The third-order valence-electron chi connectivity index (χ3n) is 3.42. The molecule has 98 valence electrons. The second kappa shape index (κ2) is 7.06. The van der Waals surface area contributed by atoms with Gasteiger partial charge in [-0.05, 0) is 37.3 Å². The SMILES string of the molecule is CCC(CC)(CNc1ccc(Br)cc1C#N)SC. The Morgan fingerprint density at radius 3 is 2.56 bits per heavy atom. The quantitative estimate of drug-likeness (QED) is 0.826. The number of halogens is 1. The molecule has 2 nitrogen and oxygen atoms in total. The van der Waals surface area contributed by atoms with E-state index in [0.29, 0.717) is 5.56 Å². The maximum atomic E-state index is 9.13. The summed E-state index contributed by atoms with van der Waals surface area (Å²) >= 11 is 5.28. The van der Waals surface area contributed by atoms with E-state index in [2.05, 4.69) is 47.4 Å². The average molecular weight is 327 g/mol. The molecule has 1 N–H and O–H groups in total. The Morgan fingerprint density at radius 1 is 1.39 bits per heavy atom. The molecule has 0 unspecified atom stereocenters. The summed E-state index contributed by atoms with van der Waals surface area (Å²) < 4.78 is 1.19. The minimum absolute atomic E-state index is 0.250. The van der Waals surface area contributed by atoms with Crippen LogP contribution in [0, 0.1) is 11.3 Å². The van der Waals surface area contributed by atoms with Crippen LogP contribution in [0.2, 0.25) is 0 Å². The van der Waals surface area contributed by atoms with Crippen molar-refractivity contribution in [1.29, 1.82) is 5.26 Å². The van der Waals surface area contributed by atoms with Crippen molar-refractivity contribution < 1.29 is 0 Å². The first-order valence-electron chi connectivity index (χ1n) is 6.09. The Labute approximate surface area is 122 Å². The highest BCUT2D eigenvalue weighted by Crippen LogP contribution is 2.31. The van der Waals surface area contributed by atoms with Crippen LogP contribution in [0.25, 0.3) is 0 Å². The van der Waals surface area contributed by atoms with Crippen LogP contribution in [-0.4, -0.2) is 17.5 Å². The third kappa shape index (κ3) is 3.66. The van der Waals surface area contributed by atoms with Gasteiger partial charge in [0.1, 0.15) is 6.07 Å². The van der Waals surface area contributed by atoms with Crippen LogP contribution in [0.4, 0.5) is 5.69 Å². The average Bonchev–Trinajstić information content (AvgIpc) is 2.42. The smallest absolute Gasteiger partial charge is 0.101 e. The van der Waals surface area contributed by atoms with Gasteiger partial charge in [0, 0.05) is 15.8 Å². The molecule has 0 aromatic heterocycles. The molecule has 1 aromatic rings. The van der Waals surface area contributed by atoms with Crippen molar-refractivity contribution in [2.24, 2.45) is 0 Å². The summed E-state index contributed by atoms with van der Waals surface area (Å²) in [5.41, 5.74) is 1.60. The number of nitrogens with zero attached hydrogens (tertiary/aromatic N) is 1. The van der Waals surface area contributed by atoms with E-state index in [1.54, 1.807) is 0 Å². The zero-order valence-electron chi connectivity index (χ0n) is 11.1. The van der Waals surface area contributed by atoms with Crippen LogP contribution in [-0.2, 0) is 0 Å². The van der Waals surface area contributed by atoms with Crippen LogP contribution in [0.1, 0.15) is 32.3 Å². The highest BCUT2D eigenvalue weighted by atomic mass is 79.9. The van der Waals surface area contributed by atoms with Gasteiger partial charge in [-0.25, -0.2) is 0 Å². The van der Waals surface area contributed by atoms with Crippen LogP contribution in [0.5, 0.6) is 0 Å². The minimum Gasteiger partial charge on any atom is -0.383 e. The predicted molar refractivity (Wildman–Crippen MR) is 84.2 cm³/mol. The van der Waals surface area contributed by atoms with Crippen LogP contribution in [0.15, 0.2) is 22.7 Å². The number of nitriles is 1. The largest absolute Gasteiger partial charge is 0.383 e. The van der Waals surface area contributed by atoms with E-state index in [4.69, 9.17) is 5.26 Å². The van der Waals surface area contributed by atoms with E-state index in [1.807, 2.05) is 30.0 Å². The molecular weight excluding hydrogens is 308 g/mol. The molecular formula is C14H19BrN2S. The maximum absolute atomic E-state index is 9.13. The molecule has 18 heavy (non-hydrogen) atoms. The topological polar surface area (TPSA) is 35.8 Å². The monoisotopic (exact) mass is 326 g/mol. The van der Waals surface area contributed by atoms with E-state index in [1.165, 1.54) is 0 Å². The molecule has 0 aliphatic heterocycles. The van der Waals surface area contributed by atoms with Crippen LogP contribution in [0.3, 0.4) is 0 Å². The lowest BCUT2D eigenvalue weighted by atomic mass is 10.0. The Hall–Kier alpha value is -0.660. The fourth-order valence-electron chi connectivity index (χ4n) is 1.88. The fraction of sp³-hybridized carbons (Fsp3) is 0.500. The van der Waals surface area contributed by atoms with Crippen molar-refractivity contribution in [3.63, 3.8) is 0 Å². The Kier molecular flexibility index (Phi) is 6.04. The number of thioether (sulfide) groups is 1. The van der Waals surface area contributed by atoms with Gasteiger partial charge in [-0.15, -0.1) is 0 Å². The number of hydrogen-bond acceptors (Lipinski definition) is 3. The summed E-state index contributed by atoms with van der Waals surface area (Å²) in [5.74, 6) is 0. The van der Waals surface area contributed by atoms with Crippen molar-refractivity contribution in [2.45, 2.75) is 31.4 Å². The second-order valence-electron chi connectivity index (χ2n) is 4.25. The van der Waals surface area contributed by atoms with Gasteiger partial charge in [-0.2, -0.15) is 17.0 Å². The maximum Gasteiger partial charge on any atom is 0.101 e. The van der Waals surface area contributed by atoms with Crippen molar-refractivity contribution in [1.82, 2.24) is 0 Å². The molecule has 0 bridgehead atoms. The molecule has 1 aromatic carbocycles. The highest BCUT2D eigenvalue weighted by molar-refractivity contribution is 9.10. The lowest BCUT2D eigenvalue weighted by Crippen LogP contribution is -2.32. The summed E-state index contributed by atoms with van der Waals surface area (Å²) in [4.78, 5) is 0. The molecule has 0 spiro atoms. The number of benzene rings is 1. The number of anilines is 1. The van der Waals surface area contributed by atoms with Gasteiger partial charge in [0.05, 0.1) is 11.3 Å². The van der Waals surface area contributed by atoms with Gasteiger partial charge in [-0.1, -0.05) is 29.8 Å². The van der Waals surface area contributed by atoms with Gasteiger partial charge in [0.25, 0.3) is 0 Å². The summed E-state index contributed by atoms with van der Waals surface area (Å²) in [6.07, 6.45) is 4.40. The van der Waals surface area contributed by atoms with E-state index < -0.39 is 0 Å². The normalized spacial score (nSPS) is 11.1. The standard InChI is InChI=1S/C14H19BrN2S/c1-4-14(5-2,18-3)10-17-13-7-6-12(15)8-11(13)9-16/h6-8,17H,4-5,10H2,1-3H3. The Morgan fingerprint density at radius 2 is 2.06 bits per heavy atom. The molecule has 0 fully saturated rings. The lowest BCUT2D eigenvalue weighted by molar-refractivity contribution is 0.574. The van der Waals surface area contributed by atoms with Crippen molar-refractivity contribution in [3.05, 3.63) is 28.2 Å². The molecule has 0 radical (unpaired) electrons. The minimum atomic E-state index is 0.250. The summed E-state index contributed by atoms with van der Waals surface area (Å²) in [6.45, 7) is 5.32. The van der Waals surface area contributed by atoms with Crippen molar-refractivity contribution >= 4 is 33.4 Å². The number of hydrogen-bond donors (Lipinski definition) is 1. The van der Waals surface area contributed by atoms with Crippen LogP contribution >= 0.6 is 27.7 Å². The fourth-order valence-corrected chi connectivity index (χ4v) is 3.04. The first-order chi connectivity index (χ1) is 8.60. The second-order valence-corrected chi connectivity index (χ2v) is 6.44. The molecule has 4 heteroatoms. The molecule has 0 amide bonds. The first-order valence-corrected chi connectivity index (χ1v) is 8.11. The van der Waals surface area contributed by atoms with Gasteiger partial charge >= 0.3 is 0 Å². The van der Waals surface area contributed by atoms with Gasteiger partial charge < -0.3 is 5.32 Å². The van der Waals surface area contributed by atoms with Crippen LogP contribution < -0.4 is 5.32 Å². The molecule has 0 heterocycles. The summed E-state index contributed by atoms with van der Waals surface area (Å²) in [7, 11) is 0. The predicted octanol–water partition coefficient (Wildman–Crippen LogP) is 4.65. The molecule has 0 saturated carbocycles. The van der Waals surface area contributed by atoms with E-state index in [0.717, 1.165) is 29.5 Å². The van der Waals surface area contributed by atoms with Gasteiger partial charge in [0.2, 0.25) is 0 Å². The summed E-state index contributed by atoms with van der Waals surface area (Å²) in [5, 5.41) is 12.5. The Balaban J connectivity index is 2.83. The van der Waals surface area contributed by atoms with Gasteiger partial charge in [-0.3, -0.25) is 0 Å². The van der Waals surface area contributed by atoms with E-state index in [9.17, 15) is 0 Å². The molecule has 0 saturated heterocycles. The zero-order chi connectivity index (χ0) is 13.6. The van der Waals surface area contributed by atoms with Gasteiger partial charge in [0.15, 0.2) is 0 Å². The first kappa shape index (κ1) is 15.4. The Bertz CT molecular complexity index is 428. The summed E-state index contributed by atoms with van der Waals surface area (Å²) in [6, 6.07) is 7.99. The molecule has 0 atom stereocenters. The highest BCUT2D eigenvalue weighted by Gasteiger charge is 2.24. The molecule has 1 rings (SSSR count). The van der Waals surface area contributed by atoms with Crippen molar-refractivity contribution in [3.8, 4) is 6.07 Å². The van der Waals surface area contributed by atoms with E-state index in [-0.39, 0.29) is 4.75 Å². The number of nitrogens with one attached hydrogen (secondary N) is 1. The number of rotatable bonds is 6. The third-order valence-corrected chi connectivity index (χ3v) is 5.51. The zero-order valence-corrected chi connectivity index (χ0v) is 13.5. The molecule has 0 aliphatic rings.